The molecule has 0 radical (unpaired) electrons. The number of nitrogens with zero attached hydrogens (tertiary/aromatic N) is 6. The lowest BCUT2D eigenvalue weighted by molar-refractivity contribution is 0.0741. The second kappa shape index (κ2) is 11.5. The summed E-state index contributed by atoms with van der Waals surface area (Å²) in [6, 6.07) is 17.6. The summed E-state index contributed by atoms with van der Waals surface area (Å²) in [6.45, 7) is 2.65. The predicted octanol–water partition coefficient (Wildman–Crippen LogP) is 5.39. The number of anilines is 1. The van der Waals surface area contributed by atoms with Crippen molar-refractivity contribution in [2.75, 3.05) is 38.2 Å². The van der Waals surface area contributed by atoms with Crippen molar-refractivity contribution in [3.8, 4) is 23.0 Å². The number of benzene rings is 2. The van der Waals surface area contributed by atoms with Gasteiger partial charge in [-0.25, -0.2) is 9.37 Å². The molecule has 12 heteroatoms. The third-order valence-electron chi connectivity index (χ3n) is 6.55. The van der Waals surface area contributed by atoms with Crippen LogP contribution in [-0.4, -0.2) is 63.8 Å². The fourth-order valence-corrected chi connectivity index (χ4v) is 6.29. The van der Waals surface area contributed by atoms with Gasteiger partial charge in [-0.05, 0) is 48.5 Å². The van der Waals surface area contributed by atoms with Gasteiger partial charge in [0.2, 0.25) is 5.82 Å². The molecule has 6 rings (SSSR count). The van der Waals surface area contributed by atoms with E-state index >= 15 is 0 Å². The Morgan fingerprint density at radius 3 is 2.60 bits per heavy atom. The summed E-state index contributed by atoms with van der Waals surface area (Å²) < 4.78 is 26.5. The summed E-state index contributed by atoms with van der Waals surface area (Å²) >= 11 is 2.88. The van der Waals surface area contributed by atoms with Gasteiger partial charge < -0.3 is 19.0 Å². The SMILES string of the molecule is COc1ccccc1N1CCN(C(=O)c2csc(CSc3nnc(-c4ccco4)n3-c3ccc(F)cc3)n2)CC1. The molecule has 0 bridgehead atoms. The summed E-state index contributed by atoms with van der Waals surface area (Å²) in [4.78, 5) is 21.9. The highest BCUT2D eigenvalue weighted by molar-refractivity contribution is 7.98. The molecule has 2 aromatic carbocycles. The van der Waals surface area contributed by atoms with E-state index in [-0.39, 0.29) is 11.7 Å². The number of thiazole rings is 1. The van der Waals surface area contributed by atoms with Gasteiger partial charge in [-0.2, -0.15) is 0 Å². The largest absolute Gasteiger partial charge is 0.495 e. The average molecular weight is 577 g/mol. The van der Waals surface area contributed by atoms with Crippen LogP contribution < -0.4 is 9.64 Å². The number of piperazine rings is 1. The zero-order chi connectivity index (χ0) is 27.5. The Kier molecular flexibility index (Phi) is 7.51. The quantitative estimate of drug-likeness (QED) is 0.227. The molecule has 5 aromatic rings. The Morgan fingerprint density at radius 1 is 1.05 bits per heavy atom. The van der Waals surface area contributed by atoms with Gasteiger partial charge in [0.05, 0.1) is 30.5 Å². The molecule has 4 heterocycles. The van der Waals surface area contributed by atoms with Gasteiger partial charge in [-0.1, -0.05) is 23.9 Å². The minimum atomic E-state index is -0.327. The number of halogens is 1. The summed E-state index contributed by atoms with van der Waals surface area (Å²) in [5.41, 5.74) is 2.19. The molecule has 0 saturated carbocycles. The van der Waals surface area contributed by atoms with Crippen molar-refractivity contribution in [1.29, 1.82) is 0 Å². The number of ether oxygens (including phenoxy) is 1. The molecule has 1 saturated heterocycles. The van der Waals surface area contributed by atoms with E-state index in [4.69, 9.17) is 9.15 Å². The molecule has 0 spiro atoms. The molecule has 0 unspecified atom stereocenters. The number of carbonyl (C=O) groups excluding carboxylic acids is 1. The van der Waals surface area contributed by atoms with E-state index in [1.165, 1.54) is 35.2 Å². The first kappa shape index (κ1) is 26.1. The molecule has 1 amide bonds. The van der Waals surface area contributed by atoms with Gasteiger partial charge >= 0.3 is 0 Å². The van der Waals surface area contributed by atoms with Crippen molar-refractivity contribution in [2.45, 2.75) is 10.9 Å². The van der Waals surface area contributed by atoms with Crippen LogP contribution in [-0.2, 0) is 5.75 Å². The van der Waals surface area contributed by atoms with Gasteiger partial charge in [0.15, 0.2) is 10.9 Å². The van der Waals surface area contributed by atoms with Crippen molar-refractivity contribution >= 4 is 34.7 Å². The Bertz CT molecular complexity index is 1590. The van der Waals surface area contributed by atoms with Gasteiger partial charge in [-0.15, -0.1) is 21.5 Å². The maximum absolute atomic E-state index is 13.6. The average Bonchev–Trinajstić information content (AvgIpc) is 3.77. The number of rotatable bonds is 8. The van der Waals surface area contributed by atoms with Gasteiger partial charge in [0.25, 0.3) is 5.91 Å². The molecule has 1 aliphatic heterocycles. The highest BCUT2D eigenvalue weighted by atomic mass is 32.2. The van der Waals surface area contributed by atoms with Crippen molar-refractivity contribution in [3.63, 3.8) is 0 Å². The number of carbonyl (C=O) groups is 1. The first-order valence-electron chi connectivity index (χ1n) is 12.6. The van der Waals surface area contributed by atoms with Crippen LogP contribution in [0.2, 0.25) is 0 Å². The zero-order valence-corrected chi connectivity index (χ0v) is 23.2. The molecule has 0 atom stereocenters. The number of furan rings is 1. The van der Waals surface area contributed by atoms with Crippen molar-refractivity contribution in [2.24, 2.45) is 0 Å². The molecule has 0 aliphatic carbocycles. The topological polar surface area (TPSA) is 89.5 Å². The molecule has 40 heavy (non-hydrogen) atoms. The van der Waals surface area contributed by atoms with Crippen LogP contribution in [0.15, 0.2) is 81.9 Å². The van der Waals surface area contributed by atoms with Crippen molar-refractivity contribution < 1.29 is 18.3 Å². The van der Waals surface area contributed by atoms with Gasteiger partial charge in [0.1, 0.15) is 22.3 Å². The second-order valence-corrected chi connectivity index (χ2v) is 10.8. The highest BCUT2D eigenvalue weighted by Crippen LogP contribution is 2.31. The van der Waals surface area contributed by atoms with Crippen LogP contribution in [0.25, 0.3) is 17.3 Å². The summed E-state index contributed by atoms with van der Waals surface area (Å²) in [5.74, 6) is 2.00. The zero-order valence-electron chi connectivity index (χ0n) is 21.6. The Balaban J connectivity index is 1.12. The van der Waals surface area contributed by atoms with E-state index in [9.17, 15) is 9.18 Å². The minimum Gasteiger partial charge on any atom is -0.495 e. The van der Waals surface area contributed by atoms with Crippen LogP contribution in [0, 0.1) is 5.82 Å². The van der Waals surface area contributed by atoms with Gasteiger partial charge in [-0.3, -0.25) is 9.36 Å². The monoisotopic (exact) mass is 576 g/mol. The Morgan fingerprint density at radius 2 is 1.85 bits per heavy atom. The van der Waals surface area contributed by atoms with E-state index in [2.05, 4.69) is 20.1 Å². The lowest BCUT2D eigenvalue weighted by Gasteiger charge is -2.36. The first-order valence-corrected chi connectivity index (χ1v) is 14.5. The Labute approximate surface area is 238 Å². The molecule has 0 N–H and O–H groups in total. The van der Waals surface area contributed by atoms with Crippen LogP contribution >= 0.6 is 23.1 Å². The smallest absolute Gasteiger partial charge is 0.273 e. The van der Waals surface area contributed by atoms with Crippen LogP contribution in [0.4, 0.5) is 10.1 Å². The van der Waals surface area contributed by atoms with Gasteiger partial charge in [0, 0.05) is 31.6 Å². The maximum Gasteiger partial charge on any atom is 0.273 e. The lowest BCUT2D eigenvalue weighted by Crippen LogP contribution is -2.49. The van der Waals surface area contributed by atoms with E-state index in [0.717, 1.165) is 29.5 Å². The highest BCUT2D eigenvalue weighted by Gasteiger charge is 2.25. The van der Waals surface area contributed by atoms with Crippen molar-refractivity contribution in [1.82, 2.24) is 24.6 Å². The van der Waals surface area contributed by atoms with E-state index < -0.39 is 0 Å². The van der Waals surface area contributed by atoms with E-state index in [0.29, 0.717) is 47.0 Å². The van der Waals surface area contributed by atoms with Crippen molar-refractivity contribution in [3.05, 3.63) is 88.8 Å². The molecule has 3 aromatic heterocycles. The fraction of sp³-hybridized carbons (Fsp3) is 0.214. The normalized spacial score (nSPS) is 13.6. The number of amides is 1. The van der Waals surface area contributed by atoms with Crippen LogP contribution in [0.3, 0.4) is 0 Å². The minimum absolute atomic E-state index is 0.0678. The molecular weight excluding hydrogens is 551 g/mol. The molecule has 1 fully saturated rings. The summed E-state index contributed by atoms with van der Waals surface area (Å²) in [5, 5.41) is 11.9. The van der Waals surface area contributed by atoms with Crippen LogP contribution in [0.5, 0.6) is 5.75 Å². The van der Waals surface area contributed by atoms with E-state index in [1.54, 1.807) is 37.6 Å². The maximum atomic E-state index is 13.6. The standard InChI is InChI=1S/C28H25FN6O3S2/c1-37-23-6-3-2-5-22(23)33-12-14-34(15-13-33)27(36)21-17-39-25(30-21)18-40-28-32-31-26(24-7-4-16-38-24)35(28)20-10-8-19(29)9-11-20/h2-11,16-17H,12-15,18H2,1H3. The number of para-hydroxylation sites is 2. The number of hydrogen-bond acceptors (Lipinski definition) is 9. The second-order valence-electron chi connectivity index (χ2n) is 8.96. The number of thioether (sulfide) groups is 1. The number of hydrogen-bond donors (Lipinski definition) is 0. The third-order valence-corrected chi connectivity index (χ3v) is 8.52. The number of aromatic nitrogens is 4. The predicted molar refractivity (Wildman–Crippen MR) is 152 cm³/mol. The summed E-state index contributed by atoms with van der Waals surface area (Å²) in [6.07, 6.45) is 1.57. The lowest BCUT2D eigenvalue weighted by atomic mass is 10.2. The fourth-order valence-electron chi connectivity index (χ4n) is 4.56. The molecule has 204 valence electrons. The summed E-state index contributed by atoms with van der Waals surface area (Å²) in [7, 11) is 1.67. The molecule has 9 nitrogen and oxygen atoms in total. The molecule has 1 aliphatic rings. The Hall–Kier alpha value is -4.16. The van der Waals surface area contributed by atoms with E-state index in [1.807, 2.05) is 39.1 Å². The number of methoxy groups -OCH3 is 1. The van der Waals surface area contributed by atoms with Crippen LogP contribution in [0.1, 0.15) is 15.5 Å². The third kappa shape index (κ3) is 5.32. The first-order chi connectivity index (χ1) is 19.6. The molecular formula is C28H25FN6O3S2.